The second kappa shape index (κ2) is 7.55. The third-order valence-corrected chi connectivity index (χ3v) is 4.82. The van der Waals surface area contributed by atoms with Gasteiger partial charge in [0.1, 0.15) is 0 Å². The molecule has 1 heterocycles. The Bertz CT molecular complexity index is 548. The molecule has 1 unspecified atom stereocenters. The number of benzene rings is 1. The van der Waals surface area contributed by atoms with E-state index in [4.69, 9.17) is 0 Å². The predicted octanol–water partition coefficient (Wildman–Crippen LogP) is 3.70. The second-order valence-electron chi connectivity index (χ2n) is 7.06. The molecule has 3 nitrogen and oxygen atoms in total. The lowest BCUT2D eigenvalue weighted by Gasteiger charge is -2.34. The van der Waals surface area contributed by atoms with Gasteiger partial charge >= 0.3 is 6.18 Å². The van der Waals surface area contributed by atoms with Crippen molar-refractivity contribution in [3.05, 3.63) is 35.4 Å². The molecule has 0 spiro atoms. The summed E-state index contributed by atoms with van der Waals surface area (Å²) < 4.78 is 37.7. The molecule has 134 valence electrons. The molecule has 1 aromatic rings. The zero-order chi connectivity index (χ0) is 17.8. The van der Waals surface area contributed by atoms with Crippen LogP contribution in [0.4, 0.5) is 13.2 Å². The number of carbonyl (C=O) groups excluding carboxylic acids is 1. The largest absolute Gasteiger partial charge is 0.416 e. The maximum absolute atomic E-state index is 12.6. The van der Waals surface area contributed by atoms with E-state index in [0.717, 1.165) is 43.6 Å². The quantitative estimate of drug-likeness (QED) is 0.857. The van der Waals surface area contributed by atoms with Crippen LogP contribution in [0.2, 0.25) is 0 Å². The Labute approximate surface area is 141 Å². The van der Waals surface area contributed by atoms with Crippen molar-refractivity contribution >= 4 is 5.91 Å². The van der Waals surface area contributed by atoms with Crippen molar-refractivity contribution in [2.24, 2.45) is 5.41 Å². The van der Waals surface area contributed by atoms with E-state index in [1.54, 1.807) is 0 Å². The highest BCUT2D eigenvalue weighted by atomic mass is 19.4. The fourth-order valence-corrected chi connectivity index (χ4v) is 2.99. The van der Waals surface area contributed by atoms with Gasteiger partial charge in [-0.05, 0) is 55.0 Å². The summed E-state index contributed by atoms with van der Waals surface area (Å²) in [5, 5.41) is 6.29. The number of hydrogen-bond donors (Lipinski definition) is 2. The van der Waals surface area contributed by atoms with Gasteiger partial charge in [0.2, 0.25) is 5.91 Å². The van der Waals surface area contributed by atoms with Crippen molar-refractivity contribution < 1.29 is 18.0 Å². The maximum atomic E-state index is 12.6. The molecule has 0 aliphatic carbocycles. The molecule has 2 N–H and O–H groups in total. The van der Waals surface area contributed by atoms with Crippen LogP contribution in [0, 0.1) is 5.41 Å². The average Bonchev–Trinajstić information content (AvgIpc) is 2.53. The van der Waals surface area contributed by atoms with Crippen LogP contribution < -0.4 is 10.6 Å². The number of piperidine rings is 1. The first-order chi connectivity index (χ1) is 11.2. The van der Waals surface area contributed by atoms with Gasteiger partial charge < -0.3 is 10.6 Å². The molecule has 1 amide bonds. The zero-order valence-electron chi connectivity index (χ0n) is 14.2. The van der Waals surface area contributed by atoms with Gasteiger partial charge in [0.15, 0.2) is 0 Å². The van der Waals surface area contributed by atoms with Crippen LogP contribution in [0.25, 0.3) is 0 Å². The van der Waals surface area contributed by atoms with E-state index in [-0.39, 0.29) is 23.7 Å². The molecule has 0 aromatic heterocycles. The number of alkyl halides is 3. The van der Waals surface area contributed by atoms with Crippen LogP contribution in [0.5, 0.6) is 0 Å². The Kier molecular flexibility index (Phi) is 5.91. The molecule has 0 saturated carbocycles. The van der Waals surface area contributed by atoms with Gasteiger partial charge in [-0.25, -0.2) is 0 Å². The van der Waals surface area contributed by atoms with Gasteiger partial charge in [0.05, 0.1) is 5.56 Å². The third-order valence-electron chi connectivity index (χ3n) is 4.82. The number of nitrogens with one attached hydrogen (secondary N) is 2. The van der Waals surface area contributed by atoms with Crippen molar-refractivity contribution in [2.45, 2.75) is 45.2 Å². The van der Waals surface area contributed by atoms with E-state index in [1.807, 2.05) is 6.92 Å². The summed E-state index contributed by atoms with van der Waals surface area (Å²) in [6, 6.07) is 5.05. The Balaban J connectivity index is 1.85. The van der Waals surface area contributed by atoms with Crippen molar-refractivity contribution in [2.75, 3.05) is 19.6 Å². The Morgan fingerprint density at radius 3 is 2.38 bits per heavy atom. The minimum absolute atomic E-state index is 0.0536. The summed E-state index contributed by atoms with van der Waals surface area (Å²) in [5.41, 5.74) is 0.200. The summed E-state index contributed by atoms with van der Waals surface area (Å²) in [6.45, 7) is 6.61. The minimum Gasteiger partial charge on any atom is -0.356 e. The molecule has 1 fully saturated rings. The highest BCUT2D eigenvalue weighted by molar-refractivity contribution is 5.76. The van der Waals surface area contributed by atoms with Gasteiger partial charge in [-0.2, -0.15) is 13.2 Å². The molecule has 0 bridgehead atoms. The lowest BCUT2D eigenvalue weighted by molar-refractivity contribution is -0.137. The highest BCUT2D eigenvalue weighted by Gasteiger charge is 2.30. The standard InChI is InChI=1S/C18H25F3N2O/c1-13(14-3-5-15(6-4-14)18(19,20)21)11-16(24)23-12-17(2)7-9-22-10-8-17/h3-6,13,22H,7-12H2,1-2H3,(H,23,24). The second-order valence-corrected chi connectivity index (χ2v) is 7.06. The maximum Gasteiger partial charge on any atom is 0.416 e. The molecule has 1 aliphatic heterocycles. The van der Waals surface area contributed by atoms with E-state index in [0.29, 0.717) is 6.54 Å². The van der Waals surface area contributed by atoms with E-state index in [9.17, 15) is 18.0 Å². The van der Waals surface area contributed by atoms with Gasteiger partial charge in [-0.15, -0.1) is 0 Å². The first-order valence-corrected chi connectivity index (χ1v) is 8.34. The van der Waals surface area contributed by atoms with Crippen molar-refractivity contribution in [1.82, 2.24) is 10.6 Å². The smallest absolute Gasteiger partial charge is 0.356 e. The summed E-state index contributed by atoms with van der Waals surface area (Å²) >= 11 is 0. The van der Waals surface area contributed by atoms with Crippen molar-refractivity contribution in [1.29, 1.82) is 0 Å². The molecule has 1 atom stereocenters. The number of carbonyl (C=O) groups is 1. The number of amides is 1. The van der Waals surface area contributed by atoms with Gasteiger partial charge in [0.25, 0.3) is 0 Å². The summed E-state index contributed by atoms with van der Waals surface area (Å²) in [4.78, 5) is 12.1. The molecule has 2 rings (SSSR count). The SMILES string of the molecule is CC(CC(=O)NCC1(C)CCNCC1)c1ccc(C(F)(F)F)cc1. The average molecular weight is 342 g/mol. The van der Waals surface area contributed by atoms with Crippen molar-refractivity contribution in [3.8, 4) is 0 Å². The summed E-state index contributed by atoms with van der Waals surface area (Å²) in [6.07, 6.45) is -1.99. The molecule has 6 heteroatoms. The van der Waals surface area contributed by atoms with Crippen LogP contribution in [-0.2, 0) is 11.0 Å². The van der Waals surface area contributed by atoms with E-state index >= 15 is 0 Å². The highest BCUT2D eigenvalue weighted by Crippen LogP contribution is 2.31. The minimum atomic E-state index is -4.33. The van der Waals surface area contributed by atoms with Crippen LogP contribution in [0.1, 0.15) is 50.2 Å². The van der Waals surface area contributed by atoms with Crippen LogP contribution in [0.3, 0.4) is 0 Å². The van der Waals surface area contributed by atoms with E-state index < -0.39 is 11.7 Å². The van der Waals surface area contributed by atoms with Gasteiger partial charge in [-0.3, -0.25) is 4.79 Å². The van der Waals surface area contributed by atoms with Gasteiger partial charge in [-0.1, -0.05) is 26.0 Å². The monoisotopic (exact) mass is 342 g/mol. The Morgan fingerprint density at radius 1 is 1.25 bits per heavy atom. The number of halogens is 3. The molecule has 0 radical (unpaired) electrons. The summed E-state index contributed by atoms with van der Waals surface area (Å²) in [5.74, 6) is -0.171. The molecule has 1 aromatic carbocycles. The fourth-order valence-electron chi connectivity index (χ4n) is 2.99. The molecule has 1 aliphatic rings. The molecular formula is C18H25F3N2O. The lowest BCUT2D eigenvalue weighted by atomic mass is 9.81. The number of rotatable bonds is 5. The van der Waals surface area contributed by atoms with Gasteiger partial charge in [0, 0.05) is 13.0 Å². The predicted molar refractivity (Wildman–Crippen MR) is 87.7 cm³/mol. The zero-order valence-corrected chi connectivity index (χ0v) is 14.2. The lowest BCUT2D eigenvalue weighted by Crippen LogP contribution is -2.43. The van der Waals surface area contributed by atoms with E-state index in [2.05, 4.69) is 17.6 Å². The summed E-state index contributed by atoms with van der Waals surface area (Å²) in [7, 11) is 0. The third kappa shape index (κ3) is 5.23. The number of hydrogen-bond acceptors (Lipinski definition) is 2. The molecule has 1 saturated heterocycles. The van der Waals surface area contributed by atoms with Crippen LogP contribution in [0.15, 0.2) is 24.3 Å². The fraction of sp³-hybridized carbons (Fsp3) is 0.611. The molecule has 24 heavy (non-hydrogen) atoms. The Hall–Kier alpha value is -1.56. The van der Waals surface area contributed by atoms with Crippen LogP contribution in [-0.4, -0.2) is 25.5 Å². The van der Waals surface area contributed by atoms with Crippen LogP contribution >= 0.6 is 0 Å². The van der Waals surface area contributed by atoms with Crippen molar-refractivity contribution in [3.63, 3.8) is 0 Å². The first-order valence-electron chi connectivity index (χ1n) is 8.34. The molecular weight excluding hydrogens is 317 g/mol. The topological polar surface area (TPSA) is 41.1 Å². The normalized spacial score (nSPS) is 18.9. The van der Waals surface area contributed by atoms with E-state index in [1.165, 1.54) is 12.1 Å². The first kappa shape index (κ1) is 18.8. The Morgan fingerprint density at radius 2 is 1.83 bits per heavy atom.